The highest BCUT2D eigenvalue weighted by Crippen LogP contribution is 2.17. The molecule has 1 aliphatic rings. The third-order valence-corrected chi connectivity index (χ3v) is 2.49. The van der Waals surface area contributed by atoms with E-state index in [-0.39, 0.29) is 0 Å². The summed E-state index contributed by atoms with van der Waals surface area (Å²) < 4.78 is 5.44. The van der Waals surface area contributed by atoms with Crippen LogP contribution in [0.1, 0.15) is 12.2 Å². The zero-order chi connectivity index (χ0) is 9.26. The molecule has 0 aliphatic carbocycles. The Balaban J connectivity index is 2.07. The van der Waals surface area contributed by atoms with E-state index in [0.717, 1.165) is 31.3 Å². The molecule has 72 valence electrons. The summed E-state index contributed by atoms with van der Waals surface area (Å²) in [4.78, 5) is 6.30. The molecule has 0 amide bonds. The molecule has 4 nitrogen and oxygen atoms in total. The van der Waals surface area contributed by atoms with Crippen molar-refractivity contribution in [2.24, 2.45) is 0 Å². The van der Waals surface area contributed by atoms with E-state index in [4.69, 9.17) is 4.42 Å². The van der Waals surface area contributed by atoms with Crippen LogP contribution in [0.2, 0.25) is 0 Å². The Labute approximate surface area is 77.9 Å². The Morgan fingerprint density at radius 2 is 2.54 bits per heavy atom. The molecule has 4 heteroatoms. The van der Waals surface area contributed by atoms with Gasteiger partial charge in [-0.2, -0.15) is 0 Å². The van der Waals surface area contributed by atoms with Gasteiger partial charge in [-0.15, -0.1) is 0 Å². The molecule has 1 aliphatic heterocycles. The van der Waals surface area contributed by atoms with Crippen molar-refractivity contribution >= 4 is 6.01 Å². The summed E-state index contributed by atoms with van der Waals surface area (Å²) in [7, 11) is 2.03. The number of hydrogen-bond acceptors (Lipinski definition) is 4. The monoisotopic (exact) mass is 181 g/mol. The van der Waals surface area contributed by atoms with E-state index in [9.17, 15) is 0 Å². The van der Waals surface area contributed by atoms with Gasteiger partial charge in [0.25, 0.3) is 6.01 Å². The molecule has 2 rings (SSSR count). The third kappa shape index (κ3) is 1.67. The number of aromatic nitrogens is 1. The predicted octanol–water partition coefficient (Wildman–Crippen LogP) is 0.781. The van der Waals surface area contributed by atoms with Crippen molar-refractivity contribution in [2.75, 3.05) is 25.0 Å². The molecule has 1 N–H and O–H groups in total. The molecule has 13 heavy (non-hydrogen) atoms. The van der Waals surface area contributed by atoms with Gasteiger partial charge in [0.15, 0.2) is 0 Å². The first-order valence-corrected chi connectivity index (χ1v) is 4.63. The topological polar surface area (TPSA) is 41.3 Å². The molecule has 0 spiro atoms. The maximum absolute atomic E-state index is 5.44. The first-order chi connectivity index (χ1) is 6.27. The van der Waals surface area contributed by atoms with Gasteiger partial charge in [-0.05, 0) is 19.9 Å². The molecule has 0 aromatic carbocycles. The largest absolute Gasteiger partial charge is 0.429 e. The van der Waals surface area contributed by atoms with Gasteiger partial charge in [-0.1, -0.05) is 0 Å². The van der Waals surface area contributed by atoms with Crippen LogP contribution in [-0.2, 0) is 0 Å². The van der Waals surface area contributed by atoms with Crippen LogP contribution in [0.15, 0.2) is 10.6 Å². The number of nitrogens with zero attached hydrogens (tertiary/aromatic N) is 2. The van der Waals surface area contributed by atoms with E-state index in [0.29, 0.717) is 6.04 Å². The molecule has 0 radical (unpaired) electrons. The van der Waals surface area contributed by atoms with Gasteiger partial charge in [0, 0.05) is 19.6 Å². The molecular formula is C9H15N3O. The second-order valence-electron chi connectivity index (χ2n) is 3.51. The molecule has 1 aromatic heterocycles. The highest BCUT2D eigenvalue weighted by Gasteiger charge is 2.21. The number of likely N-dealkylation sites (N-methyl/N-ethyl adjacent to an activating group) is 1. The highest BCUT2D eigenvalue weighted by atomic mass is 16.4. The molecule has 0 bridgehead atoms. The maximum Gasteiger partial charge on any atom is 0.297 e. The zero-order valence-corrected chi connectivity index (χ0v) is 8.08. The fourth-order valence-corrected chi connectivity index (χ4v) is 1.63. The minimum Gasteiger partial charge on any atom is -0.429 e. The number of rotatable bonds is 2. The Morgan fingerprint density at radius 1 is 1.69 bits per heavy atom. The summed E-state index contributed by atoms with van der Waals surface area (Å²) >= 11 is 0. The molecule has 1 saturated heterocycles. The van der Waals surface area contributed by atoms with Gasteiger partial charge in [-0.25, -0.2) is 4.98 Å². The Morgan fingerprint density at radius 3 is 3.08 bits per heavy atom. The second-order valence-corrected chi connectivity index (χ2v) is 3.51. The number of nitrogens with one attached hydrogen (secondary N) is 1. The summed E-state index contributed by atoms with van der Waals surface area (Å²) in [6.45, 7) is 4.03. The summed E-state index contributed by atoms with van der Waals surface area (Å²) in [5.41, 5.74) is 0. The van der Waals surface area contributed by atoms with Crippen molar-refractivity contribution in [3.63, 3.8) is 0 Å². The Hall–Kier alpha value is -1.03. The van der Waals surface area contributed by atoms with E-state index in [2.05, 4.69) is 15.2 Å². The van der Waals surface area contributed by atoms with Gasteiger partial charge in [0.05, 0.1) is 6.20 Å². The van der Waals surface area contributed by atoms with E-state index >= 15 is 0 Å². The SMILES string of the molecule is Cc1cnc(N(C)C2CCNC2)o1. The fourth-order valence-electron chi connectivity index (χ4n) is 1.63. The van der Waals surface area contributed by atoms with Gasteiger partial charge in [-0.3, -0.25) is 0 Å². The quantitative estimate of drug-likeness (QED) is 0.732. The van der Waals surface area contributed by atoms with Crippen molar-refractivity contribution in [1.82, 2.24) is 10.3 Å². The Kier molecular flexibility index (Phi) is 2.22. The van der Waals surface area contributed by atoms with Crippen LogP contribution in [0.4, 0.5) is 6.01 Å². The molecule has 1 aromatic rings. The van der Waals surface area contributed by atoms with Crippen molar-refractivity contribution in [3.8, 4) is 0 Å². The maximum atomic E-state index is 5.44. The van der Waals surface area contributed by atoms with Crippen LogP contribution in [0, 0.1) is 6.92 Å². The summed E-state index contributed by atoms with van der Waals surface area (Å²) in [5.74, 6) is 0.868. The molecule has 2 heterocycles. The molecule has 1 fully saturated rings. The highest BCUT2D eigenvalue weighted by molar-refractivity contribution is 5.27. The average molecular weight is 181 g/mol. The molecular weight excluding hydrogens is 166 g/mol. The van der Waals surface area contributed by atoms with E-state index < -0.39 is 0 Å². The van der Waals surface area contributed by atoms with Gasteiger partial charge in [0.1, 0.15) is 5.76 Å². The summed E-state index contributed by atoms with van der Waals surface area (Å²) in [6.07, 6.45) is 2.92. The van der Waals surface area contributed by atoms with Gasteiger partial charge >= 0.3 is 0 Å². The van der Waals surface area contributed by atoms with Crippen molar-refractivity contribution in [2.45, 2.75) is 19.4 Å². The molecule has 1 atom stereocenters. The van der Waals surface area contributed by atoms with Gasteiger partial charge < -0.3 is 14.6 Å². The number of oxazole rings is 1. The van der Waals surface area contributed by atoms with E-state index in [1.54, 1.807) is 6.20 Å². The van der Waals surface area contributed by atoms with E-state index in [1.807, 2.05) is 14.0 Å². The lowest BCUT2D eigenvalue weighted by Crippen LogP contribution is -2.33. The van der Waals surface area contributed by atoms with Gasteiger partial charge in [0.2, 0.25) is 0 Å². The van der Waals surface area contributed by atoms with Crippen LogP contribution in [0.3, 0.4) is 0 Å². The van der Waals surface area contributed by atoms with Crippen LogP contribution < -0.4 is 10.2 Å². The molecule has 1 unspecified atom stereocenters. The lowest BCUT2D eigenvalue weighted by Gasteiger charge is -2.21. The van der Waals surface area contributed by atoms with Crippen LogP contribution in [0.25, 0.3) is 0 Å². The smallest absolute Gasteiger partial charge is 0.297 e. The number of anilines is 1. The number of hydrogen-bond donors (Lipinski definition) is 1. The van der Waals surface area contributed by atoms with Crippen molar-refractivity contribution in [1.29, 1.82) is 0 Å². The minimum atomic E-state index is 0.526. The van der Waals surface area contributed by atoms with Crippen LogP contribution in [0.5, 0.6) is 0 Å². The predicted molar refractivity (Wildman–Crippen MR) is 50.9 cm³/mol. The normalized spacial score (nSPS) is 22.2. The van der Waals surface area contributed by atoms with Crippen LogP contribution in [-0.4, -0.2) is 31.2 Å². The number of aryl methyl sites for hydroxylation is 1. The first-order valence-electron chi connectivity index (χ1n) is 4.63. The average Bonchev–Trinajstić information content (AvgIpc) is 2.72. The second kappa shape index (κ2) is 3.38. The fraction of sp³-hybridized carbons (Fsp3) is 0.667. The minimum absolute atomic E-state index is 0.526. The standard InChI is InChI=1S/C9H15N3O/c1-7-5-11-9(13-7)12(2)8-3-4-10-6-8/h5,8,10H,3-4,6H2,1-2H3. The first kappa shape index (κ1) is 8.56. The van der Waals surface area contributed by atoms with Crippen molar-refractivity contribution < 1.29 is 4.42 Å². The van der Waals surface area contributed by atoms with E-state index in [1.165, 1.54) is 0 Å². The van der Waals surface area contributed by atoms with Crippen LogP contribution >= 0.6 is 0 Å². The lowest BCUT2D eigenvalue weighted by atomic mass is 10.2. The third-order valence-electron chi connectivity index (χ3n) is 2.49. The lowest BCUT2D eigenvalue weighted by molar-refractivity contribution is 0.499. The Bertz CT molecular complexity index is 278. The molecule has 0 saturated carbocycles. The zero-order valence-electron chi connectivity index (χ0n) is 8.08. The van der Waals surface area contributed by atoms with Crippen molar-refractivity contribution in [3.05, 3.63) is 12.0 Å². The summed E-state index contributed by atoms with van der Waals surface area (Å²) in [5, 5.41) is 3.32. The summed E-state index contributed by atoms with van der Waals surface area (Å²) in [6, 6.07) is 1.25.